The summed E-state index contributed by atoms with van der Waals surface area (Å²) in [6.45, 7) is 4.27. The zero-order valence-corrected chi connectivity index (χ0v) is 18.1. The molecular weight excluding hydrogens is 344 g/mol. The Hall–Kier alpha value is -1.10. The van der Waals surface area contributed by atoms with Gasteiger partial charge in [0.05, 0.1) is 12.1 Å². The van der Waals surface area contributed by atoms with Crippen LogP contribution >= 0.6 is 0 Å². The van der Waals surface area contributed by atoms with Crippen LogP contribution in [-0.2, 0) is 0 Å². The lowest BCUT2D eigenvalue weighted by atomic mass is 9.93. The van der Waals surface area contributed by atoms with Gasteiger partial charge in [-0.05, 0) is 51.6 Å². The molecule has 28 heavy (non-hydrogen) atoms. The summed E-state index contributed by atoms with van der Waals surface area (Å²) in [7, 11) is 0. The Labute approximate surface area is 173 Å². The highest BCUT2D eigenvalue weighted by atomic mass is 15.2. The second-order valence-electron chi connectivity index (χ2n) is 8.89. The summed E-state index contributed by atoms with van der Waals surface area (Å²) >= 11 is 0. The average Bonchev–Trinajstić information content (AvgIpc) is 2.76. The Bertz CT molecular complexity index is 422. The van der Waals surface area contributed by atoms with Crippen LogP contribution in [0.3, 0.4) is 0 Å². The third kappa shape index (κ3) is 8.93. The van der Waals surface area contributed by atoms with Crippen molar-refractivity contribution in [2.24, 2.45) is 0 Å². The van der Waals surface area contributed by atoms with Crippen molar-refractivity contribution in [3.8, 4) is 12.1 Å². The van der Waals surface area contributed by atoms with Gasteiger partial charge in [-0.15, -0.1) is 0 Å². The summed E-state index contributed by atoms with van der Waals surface area (Å²) in [5.41, 5.74) is 0. The molecule has 0 heterocycles. The van der Waals surface area contributed by atoms with Crippen molar-refractivity contribution < 1.29 is 0 Å². The van der Waals surface area contributed by atoms with Crippen LogP contribution in [0.2, 0.25) is 0 Å². The molecule has 4 heteroatoms. The first-order valence-electron chi connectivity index (χ1n) is 12.1. The SMILES string of the molecule is N#CCCN(CCCCCCN(CCC#N)C1CCCCC1)C1CCCCC1. The van der Waals surface area contributed by atoms with Crippen LogP contribution in [0, 0.1) is 22.7 Å². The van der Waals surface area contributed by atoms with Crippen LogP contribution in [0.15, 0.2) is 0 Å². The van der Waals surface area contributed by atoms with E-state index in [2.05, 4.69) is 21.9 Å². The molecule has 0 unspecified atom stereocenters. The van der Waals surface area contributed by atoms with Crippen molar-refractivity contribution in [2.75, 3.05) is 26.2 Å². The monoisotopic (exact) mass is 386 g/mol. The third-order valence-corrected chi connectivity index (χ3v) is 6.84. The standard InChI is InChI=1S/C24H42N4/c25-17-11-21-27(23-13-5-3-6-14-23)19-9-1-2-10-20-28(22-12-18-26)24-15-7-4-8-16-24/h23-24H,1-16,19-22H2. The third-order valence-electron chi connectivity index (χ3n) is 6.84. The Morgan fingerprint density at radius 1 is 0.536 bits per heavy atom. The van der Waals surface area contributed by atoms with Gasteiger partial charge in [0.25, 0.3) is 0 Å². The fourth-order valence-corrected chi connectivity index (χ4v) is 5.22. The Kier molecular flexibility index (Phi) is 12.3. The second kappa shape index (κ2) is 14.8. The second-order valence-corrected chi connectivity index (χ2v) is 8.89. The maximum atomic E-state index is 8.97. The van der Waals surface area contributed by atoms with Crippen molar-refractivity contribution in [3.05, 3.63) is 0 Å². The van der Waals surface area contributed by atoms with E-state index >= 15 is 0 Å². The lowest BCUT2D eigenvalue weighted by Crippen LogP contribution is -2.38. The minimum Gasteiger partial charge on any atom is -0.299 e. The molecule has 2 aliphatic carbocycles. The van der Waals surface area contributed by atoms with E-state index in [9.17, 15) is 0 Å². The van der Waals surface area contributed by atoms with Crippen LogP contribution in [0.1, 0.15) is 103 Å². The van der Waals surface area contributed by atoms with Crippen molar-refractivity contribution in [1.29, 1.82) is 10.5 Å². The molecule has 0 N–H and O–H groups in total. The van der Waals surface area contributed by atoms with Gasteiger partial charge in [0.1, 0.15) is 0 Å². The minimum atomic E-state index is 0.672. The average molecular weight is 387 g/mol. The molecule has 0 aliphatic heterocycles. The van der Waals surface area contributed by atoms with E-state index in [-0.39, 0.29) is 0 Å². The quantitative estimate of drug-likeness (QED) is 0.384. The van der Waals surface area contributed by atoms with Gasteiger partial charge >= 0.3 is 0 Å². The molecule has 2 saturated carbocycles. The molecule has 0 radical (unpaired) electrons. The molecule has 2 fully saturated rings. The number of nitrogens with zero attached hydrogens (tertiary/aromatic N) is 4. The maximum Gasteiger partial charge on any atom is 0.0635 e. The lowest BCUT2D eigenvalue weighted by molar-refractivity contribution is 0.150. The fourth-order valence-electron chi connectivity index (χ4n) is 5.22. The first-order chi connectivity index (χ1) is 13.8. The number of hydrogen-bond acceptors (Lipinski definition) is 4. The zero-order valence-electron chi connectivity index (χ0n) is 18.1. The minimum absolute atomic E-state index is 0.672. The van der Waals surface area contributed by atoms with E-state index in [1.54, 1.807) is 0 Å². The van der Waals surface area contributed by atoms with Gasteiger partial charge in [0.15, 0.2) is 0 Å². The van der Waals surface area contributed by atoms with E-state index in [0.717, 1.165) is 25.2 Å². The molecule has 0 atom stereocenters. The van der Waals surface area contributed by atoms with E-state index in [1.165, 1.54) is 103 Å². The molecule has 0 amide bonds. The van der Waals surface area contributed by atoms with Gasteiger partial charge in [-0.3, -0.25) is 9.80 Å². The highest BCUT2D eigenvalue weighted by Gasteiger charge is 2.21. The van der Waals surface area contributed by atoms with Crippen LogP contribution in [-0.4, -0.2) is 48.1 Å². The number of unbranched alkanes of at least 4 members (excludes halogenated alkanes) is 3. The summed E-state index contributed by atoms with van der Waals surface area (Å²) < 4.78 is 0. The van der Waals surface area contributed by atoms with Gasteiger partial charge in [0, 0.05) is 38.0 Å². The summed E-state index contributed by atoms with van der Waals surface area (Å²) in [4.78, 5) is 5.23. The normalized spacial score (nSPS) is 19.0. The van der Waals surface area contributed by atoms with Crippen molar-refractivity contribution in [1.82, 2.24) is 9.80 Å². The molecule has 2 rings (SSSR count). The Morgan fingerprint density at radius 3 is 1.29 bits per heavy atom. The predicted molar refractivity (Wildman–Crippen MR) is 116 cm³/mol. The largest absolute Gasteiger partial charge is 0.299 e. The summed E-state index contributed by atoms with van der Waals surface area (Å²) in [6, 6.07) is 6.14. The smallest absolute Gasteiger partial charge is 0.0635 e. The molecule has 0 saturated heterocycles. The maximum absolute atomic E-state index is 8.97. The van der Waals surface area contributed by atoms with Gasteiger partial charge in [0.2, 0.25) is 0 Å². The van der Waals surface area contributed by atoms with Crippen LogP contribution in [0.25, 0.3) is 0 Å². The summed E-state index contributed by atoms with van der Waals surface area (Å²) in [5.74, 6) is 0. The van der Waals surface area contributed by atoms with E-state index in [0.29, 0.717) is 12.8 Å². The number of hydrogen-bond donors (Lipinski definition) is 0. The Balaban J connectivity index is 1.63. The van der Waals surface area contributed by atoms with Crippen LogP contribution < -0.4 is 0 Å². The first kappa shape index (κ1) is 23.2. The van der Waals surface area contributed by atoms with Gasteiger partial charge in [-0.1, -0.05) is 51.4 Å². The molecule has 4 nitrogen and oxygen atoms in total. The van der Waals surface area contributed by atoms with Crippen LogP contribution in [0.5, 0.6) is 0 Å². The van der Waals surface area contributed by atoms with Crippen LogP contribution in [0.4, 0.5) is 0 Å². The number of rotatable bonds is 13. The predicted octanol–water partition coefficient (Wildman–Crippen LogP) is 5.64. The summed E-state index contributed by atoms with van der Waals surface area (Å²) in [5, 5.41) is 17.9. The molecule has 158 valence electrons. The molecule has 2 aliphatic rings. The number of nitriles is 2. The zero-order chi connectivity index (χ0) is 19.9. The first-order valence-corrected chi connectivity index (χ1v) is 12.1. The van der Waals surface area contributed by atoms with Gasteiger partial charge < -0.3 is 0 Å². The molecule has 0 aromatic rings. The lowest BCUT2D eigenvalue weighted by Gasteiger charge is -2.34. The summed E-state index contributed by atoms with van der Waals surface area (Å²) in [6.07, 6.45) is 20.1. The fraction of sp³-hybridized carbons (Fsp3) is 0.917. The molecule has 0 bridgehead atoms. The molecular formula is C24H42N4. The van der Waals surface area contributed by atoms with Crippen molar-refractivity contribution >= 4 is 0 Å². The topological polar surface area (TPSA) is 54.1 Å². The molecule has 0 aromatic heterocycles. The highest BCUT2D eigenvalue weighted by molar-refractivity contribution is 4.81. The van der Waals surface area contributed by atoms with Crippen molar-refractivity contribution in [2.45, 2.75) is 115 Å². The molecule has 0 spiro atoms. The van der Waals surface area contributed by atoms with Gasteiger partial charge in [-0.2, -0.15) is 10.5 Å². The van der Waals surface area contributed by atoms with E-state index < -0.39 is 0 Å². The Morgan fingerprint density at radius 2 is 0.929 bits per heavy atom. The van der Waals surface area contributed by atoms with E-state index in [1.807, 2.05) is 0 Å². The van der Waals surface area contributed by atoms with E-state index in [4.69, 9.17) is 10.5 Å². The molecule has 0 aromatic carbocycles. The van der Waals surface area contributed by atoms with Gasteiger partial charge in [-0.25, -0.2) is 0 Å². The highest BCUT2D eigenvalue weighted by Crippen LogP contribution is 2.24. The van der Waals surface area contributed by atoms with Crippen molar-refractivity contribution in [3.63, 3.8) is 0 Å².